The summed E-state index contributed by atoms with van der Waals surface area (Å²) in [5.74, 6) is -0.0205. The number of carbonyl (C=O) groups excluding carboxylic acids is 2. The van der Waals surface area contributed by atoms with Gasteiger partial charge in [-0.05, 0) is 93.0 Å². The molecule has 0 heterocycles. The zero-order chi connectivity index (χ0) is 32.2. The molecule has 1 aliphatic rings. The minimum atomic E-state index is -4.14. The molecule has 1 aliphatic carbocycles. The fourth-order valence-corrected chi connectivity index (χ4v) is 7.54. The number of thioether (sulfide) groups is 1. The molecule has 0 bridgehead atoms. The molecule has 0 aromatic heterocycles. The van der Waals surface area contributed by atoms with Crippen molar-refractivity contribution in [2.45, 2.75) is 80.7 Å². The minimum absolute atomic E-state index is 0.0832. The minimum Gasteiger partial charge on any atom is -0.494 e. The molecule has 0 radical (unpaired) electrons. The van der Waals surface area contributed by atoms with Crippen molar-refractivity contribution < 1.29 is 22.7 Å². The largest absolute Gasteiger partial charge is 0.494 e. The molecule has 10 heteroatoms. The van der Waals surface area contributed by atoms with Crippen LogP contribution in [0.3, 0.4) is 0 Å². The zero-order valence-corrected chi connectivity index (χ0v) is 28.1. The molecule has 1 saturated carbocycles. The topological polar surface area (TPSA) is 96.0 Å². The van der Waals surface area contributed by atoms with Gasteiger partial charge in [0.2, 0.25) is 11.8 Å². The average Bonchev–Trinajstić information content (AvgIpc) is 3.06. The summed E-state index contributed by atoms with van der Waals surface area (Å²) in [7, 11) is -4.14. The molecule has 0 unspecified atom stereocenters. The monoisotopic (exact) mass is 651 g/mol. The van der Waals surface area contributed by atoms with Gasteiger partial charge in [-0.2, -0.15) is 0 Å². The summed E-state index contributed by atoms with van der Waals surface area (Å²) < 4.78 is 35.0. The van der Waals surface area contributed by atoms with E-state index in [4.69, 9.17) is 4.74 Å². The van der Waals surface area contributed by atoms with E-state index in [0.29, 0.717) is 30.9 Å². The summed E-state index contributed by atoms with van der Waals surface area (Å²) in [4.78, 5) is 30.6. The van der Waals surface area contributed by atoms with Crippen molar-refractivity contribution in [2.24, 2.45) is 0 Å². The van der Waals surface area contributed by atoms with Crippen LogP contribution in [0.15, 0.2) is 88.7 Å². The number of rotatable bonds is 15. The number of hydrogen-bond donors (Lipinski definition) is 1. The number of carbonyl (C=O) groups is 2. The standard InChI is InChI=1S/C35H45N3O5S2/c1-4-33(35(40)36-28-14-10-7-11-15-28)37(25-24-27-12-8-6-9-13-27)34(39)26-38(29-16-18-30(19-17-29)43-5-2)45(41,42)32-22-20-31(44-3)21-23-32/h6,8-9,12-13,16-23,28,33H,4-5,7,10-11,14-15,24-26H2,1-3H3,(H,36,40)/t33-/m0/s1. The first-order chi connectivity index (χ1) is 21.8. The van der Waals surface area contributed by atoms with Gasteiger partial charge in [-0.25, -0.2) is 8.42 Å². The third kappa shape index (κ3) is 9.26. The van der Waals surface area contributed by atoms with Gasteiger partial charge in [0.05, 0.1) is 17.2 Å². The molecule has 1 N–H and O–H groups in total. The van der Waals surface area contributed by atoms with Crippen LogP contribution in [0.25, 0.3) is 0 Å². The maximum Gasteiger partial charge on any atom is 0.264 e. The van der Waals surface area contributed by atoms with Gasteiger partial charge in [0.15, 0.2) is 0 Å². The van der Waals surface area contributed by atoms with Crippen LogP contribution in [0.2, 0.25) is 0 Å². The number of ether oxygens (including phenoxy) is 1. The van der Waals surface area contributed by atoms with Crippen molar-refractivity contribution in [1.29, 1.82) is 0 Å². The van der Waals surface area contributed by atoms with E-state index in [2.05, 4.69) is 5.32 Å². The molecule has 0 saturated heterocycles. The van der Waals surface area contributed by atoms with Crippen LogP contribution >= 0.6 is 11.8 Å². The van der Waals surface area contributed by atoms with E-state index in [0.717, 1.165) is 40.4 Å². The van der Waals surface area contributed by atoms with E-state index in [9.17, 15) is 18.0 Å². The quantitative estimate of drug-likeness (QED) is 0.194. The van der Waals surface area contributed by atoms with Gasteiger partial charge in [0, 0.05) is 17.5 Å². The summed E-state index contributed by atoms with van der Waals surface area (Å²) >= 11 is 1.52. The molecule has 1 atom stereocenters. The number of anilines is 1. The lowest BCUT2D eigenvalue weighted by Crippen LogP contribution is -2.54. The number of amides is 2. The van der Waals surface area contributed by atoms with Crippen LogP contribution in [0.5, 0.6) is 5.75 Å². The Labute approximate surface area is 272 Å². The summed E-state index contributed by atoms with van der Waals surface area (Å²) in [5.41, 5.74) is 1.37. The Morgan fingerprint density at radius 2 is 1.60 bits per heavy atom. The number of hydrogen-bond acceptors (Lipinski definition) is 6. The highest BCUT2D eigenvalue weighted by atomic mass is 32.2. The molecular weight excluding hydrogens is 607 g/mol. The van der Waals surface area contributed by atoms with Crippen molar-refractivity contribution in [3.8, 4) is 5.75 Å². The highest BCUT2D eigenvalue weighted by Gasteiger charge is 2.34. The van der Waals surface area contributed by atoms with E-state index >= 15 is 0 Å². The first-order valence-electron chi connectivity index (χ1n) is 15.8. The zero-order valence-electron chi connectivity index (χ0n) is 26.5. The van der Waals surface area contributed by atoms with E-state index in [1.54, 1.807) is 53.4 Å². The van der Waals surface area contributed by atoms with Crippen molar-refractivity contribution in [3.63, 3.8) is 0 Å². The molecule has 3 aromatic rings. The fraction of sp³-hybridized carbons (Fsp3) is 0.429. The van der Waals surface area contributed by atoms with Gasteiger partial charge in [0.25, 0.3) is 10.0 Å². The molecule has 4 rings (SSSR count). The van der Waals surface area contributed by atoms with Gasteiger partial charge < -0.3 is 15.0 Å². The number of nitrogens with zero attached hydrogens (tertiary/aromatic N) is 2. The summed E-state index contributed by atoms with van der Waals surface area (Å²) in [6, 6.07) is 22.5. The van der Waals surface area contributed by atoms with E-state index < -0.39 is 28.5 Å². The predicted octanol–water partition coefficient (Wildman–Crippen LogP) is 6.30. The van der Waals surface area contributed by atoms with Gasteiger partial charge >= 0.3 is 0 Å². The third-order valence-corrected chi connectivity index (χ3v) is 10.7. The molecule has 8 nitrogen and oxygen atoms in total. The number of nitrogens with one attached hydrogen (secondary N) is 1. The first kappa shape index (κ1) is 34.4. The van der Waals surface area contributed by atoms with E-state index in [-0.39, 0.29) is 23.4 Å². The van der Waals surface area contributed by atoms with Gasteiger partial charge in [-0.3, -0.25) is 13.9 Å². The second kappa shape index (κ2) is 16.7. The Morgan fingerprint density at radius 3 is 2.20 bits per heavy atom. The number of sulfonamides is 1. The molecule has 2 amide bonds. The Bertz CT molecular complexity index is 1480. The molecule has 3 aromatic carbocycles. The lowest BCUT2D eigenvalue weighted by molar-refractivity contribution is -0.140. The maximum atomic E-state index is 14.3. The summed E-state index contributed by atoms with van der Waals surface area (Å²) in [5, 5.41) is 3.19. The Kier molecular flexibility index (Phi) is 12.8. The third-order valence-electron chi connectivity index (χ3n) is 8.18. The highest BCUT2D eigenvalue weighted by Crippen LogP contribution is 2.28. The van der Waals surface area contributed by atoms with Crippen LogP contribution in [-0.4, -0.2) is 63.2 Å². The lowest BCUT2D eigenvalue weighted by Gasteiger charge is -2.34. The van der Waals surface area contributed by atoms with Crippen LogP contribution in [0.1, 0.15) is 57.9 Å². The highest BCUT2D eigenvalue weighted by molar-refractivity contribution is 7.98. The van der Waals surface area contributed by atoms with Crippen LogP contribution in [0.4, 0.5) is 5.69 Å². The second-order valence-electron chi connectivity index (χ2n) is 11.2. The SMILES string of the molecule is CCOc1ccc(N(CC(=O)N(CCc2ccccc2)[C@@H](CC)C(=O)NC2CCCCC2)S(=O)(=O)c2ccc(SC)cc2)cc1. The molecule has 1 fully saturated rings. The molecule has 45 heavy (non-hydrogen) atoms. The first-order valence-corrected chi connectivity index (χ1v) is 18.5. The normalized spacial score (nSPS) is 14.4. The average molecular weight is 652 g/mol. The van der Waals surface area contributed by atoms with Crippen molar-refractivity contribution in [1.82, 2.24) is 10.2 Å². The smallest absolute Gasteiger partial charge is 0.264 e. The van der Waals surface area contributed by atoms with Crippen LogP contribution in [-0.2, 0) is 26.0 Å². The van der Waals surface area contributed by atoms with Gasteiger partial charge in [0.1, 0.15) is 18.3 Å². The number of benzene rings is 3. The fourth-order valence-electron chi connectivity index (χ4n) is 5.72. The van der Waals surface area contributed by atoms with Crippen molar-refractivity contribution in [2.75, 3.05) is 30.3 Å². The molecule has 242 valence electrons. The Hall–Kier alpha value is -3.50. The van der Waals surface area contributed by atoms with Gasteiger partial charge in [-0.1, -0.05) is 56.5 Å². The maximum absolute atomic E-state index is 14.3. The molecule has 0 spiro atoms. The van der Waals surface area contributed by atoms with E-state index in [1.165, 1.54) is 18.2 Å². The van der Waals surface area contributed by atoms with Crippen molar-refractivity contribution in [3.05, 3.63) is 84.4 Å². The van der Waals surface area contributed by atoms with Crippen molar-refractivity contribution >= 4 is 39.3 Å². The Balaban J connectivity index is 1.67. The Morgan fingerprint density at radius 1 is 0.933 bits per heavy atom. The lowest BCUT2D eigenvalue weighted by atomic mass is 9.95. The molecule has 0 aliphatic heterocycles. The summed E-state index contributed by atoms with van der Waals surface area (Å²) in [6.07, 6.45) is 8.04. The van der Waals surface area contributed by atoms with Crippen LogP contribution < -0.4 is 14.4 Å². The van der Waals surface area contributed by atoms with Gasteiger partial charge in [-0.15, -0.1) is 11.8 Å². The van der Waals surface area contributed by atoms with Crippen LogP contribution in [0, 0.1) is 0 Å². The second-order valence-corrected chi connectivity index (χ2v) is 13.9. The molecular formula is C35H45N3O5S2. The van der Waals surface area contributed by atoms with E-state index in [1.807, 2.05) is 50.4 Å². The predicted molar refractivity (Wildman–Crippen MR) is 181 cm³/mol. The summed E-state index contributed by atoms with van der Waals surface area (Å²) in [6.45, 7) is 4.06.